The van der Waals surface area contributed by atoms with Crippen molar-refractivity contribution in [3.63, 3.8) is 0 Å². The van der Waals surface area contributed by atoms with Gasteiger partial charge >= 0.3 is 12.1 Å². The van der Waals surface area contributed by atoms with E-state index in [2.05, 4.69) is 11.9 Å². The average Bonchev–Trinajstić information content (AvgIpc) is 2.10. The molecule has 1 amide bonds. The van der Waals surface area contributed by atoms with E-state index in [0.717, 1.165) is 6.42 Å². The molecule has 1 rings (SSSR count). The molecule has 1 aliphatic rings. The van der Waals surface area contributed by atoms with Crippen LogP contribution in [0.3, 0.4) is 0 Å². The second-order valence-corrected chi connectivity index (χ2v) is 3.72. The number of carbonyl (C=O) groups is 2. The molecule has 0 aromatic carbocycles. The van der Waals surface area contributed by atoms with Crippen LogP contribution in [0.15, 0.2) is 12.7 Å². The van der Waals surface area contributed by atoms with Gasteiger partial charge in [0, 0.05) is 0 Å². The summed E-state index contributed by atoms with van der Waals surface area (Å²) in [6.07, 6.45) is 3.18. The molecule has 1 aliphatic carbocycles. The Morgan fingerprint density at radius 1 is 1.53 bits per heavy atom. The maximum absolute atomic E-state index is 11.2. The van der Waals surface area contributed by atoms with E-state index in [9.17, 15) is 9.59 Å². The number of hydrogen-bond acceptors (Lipinski definition) is 3. The van der Waals surface area contributed by atoms with E-state index in [1.165, 1.54) is 6.08 Å². The molecule has 0 aromatic heterocycles. The summed E-state index contributed by atoms with van der Waals surface area (Å²) in [5.74, 6) is -0.904. The number of ether oxygens (including phenoxy) is 1. The zero-order valence-corrected chi connectivity index (χ0v) is 8.49. The van der Waals surface area contributed by atoms with E-state index in [-0.39, 0.29) is 13.0 Å². The van der Waals surface area contributed by atoms with Gasteiger partial charge in [-0.2, -0.15) is 0 Å². The lowest BCUT2D eigenvalue weighted by Gasteiger charge is -2.40. The summed E-state index contributed by atoms with van der Waals surface area (Å²) in [5.41, 5.74) is -0.593. The fourth-order valence-corrected chi connectivity index (χ4v) is 1.63. The summed E-state index contributed by atoms with van der Waals surface area (Å²) < 4.78 is 4.74. The van der Waals surface area contributed by atoms with Gasteiger partial charge in [-0.05, 0) is 19.3 Å². The molecule has 0 spiro atoms. The first kappa shape index (κ1) is 11.6. The van der Waals surface area contributed by atoms with Crippen LogP contribution in [0, 0.1) is 0 Å². The lowest BCUT2D eigenvalue weighted by molar-refractivity contribution is -0.139. The van der Waals surface area contributed by atoms with Crippen LogP contribution in [0.4, 0.5) is 4.79 Å². The van der Waals surface area contributed by atoms with Crippen molar-refractivity contribution in [3.8, 4) is 0 Å². The molecule has 84 valence electrons. The van der Waals surface area contributed by atoms with Crippen LogP contribution in [0.2, 0.25) is 0 Å². The van der Waals surface area contributed by atoms with Gasteiger partial charge in [-0.15, -0.1) is 0 Å². The van der Waals surface area contributed by atoms with Crippen molar-refractivity contribution >= 4 is 12.1 Å². The third-order valence-corrected chi connectivity index (χ3v) is 2.50. The number of hydrogen-bond donors (Lipinski definition) is 2. The van der Waals surface area contributed by atoms with E-state index in [1.54, 1.807) is 0 Å². The highest BCUT2D eigenvalue weighted by Gasteiger charge is 2.40. The molecule has 0 saturated heterocycles. The summed E-state index contributed by atoms with van der Waals surface area (Å²) in [6, 6.07) is 0. The molecule has 0 aliphatic heterocycles. The highest BCUT2D eigenvalue weighted by atomic mass is 16.5. The summed E-state index contributed by atoms with van der Waals surface area (Å²) in [4.78, 5) is 21.8. The fourth-order valence-electron chi connectivity index (χ4n) is 1.63. The van der Waals surface area contributed by atoms with Crippen molar-refractivity contribution < 1.29 is 19.4 Å². The molecule has 2 N–H and O–H groups in total. The number of alkyl carbamates (subject to hydrolysis) is 1. The SMILES string of the molecule is C=CCOC(=O)NC1(CC(=O)O)CCC1. The second-order valence-electron chi connectivity index (χ2n) is 3.72. The van der Waals surface area contributed by atoms with Crippen LogP contribution in [-0.2, 0) is 9.53 Å². The predicted octanol–water partition coefficient (Wildman–Crippen LogP) is 1.30. The molecule has 5 nitrogen and oxygen atoms in total. The first-order valence-electron chi connectivity index (χ1n) is 4.86. The Labute approximate surface area is 88.1 Å². The standard InChI is InChI=1S/C10H15NO4/c1-2-6-15-9(14)11-10(4-3-5-10)7-8(12)13/h2H,1,3-7H2,(H,11,14)(H,12,13). The molecule has 5 heteroatoms. The monoisotopic (exact) mass is 213 g/mol. The van der Waals surface area contributed by atoms with Crippen LogP contribution < -0.4 is 5.32 Å². The molecule has 0 bridgehead atoms. The van der Waals surface area contributed by atoms with Gasteiger partial charge < -0.3 is 15.2 Å². The van der Waals surface area contributed by atoms with E-state index in [0.29, 0.717) is 12.8 Å². The van der Waals surface area contributed by atoms with Crippen LogP contribution >= 0.6 is 0 Å². The third-order valence-electron chi connectivity index (χ3n) is 2.50. The maximum atomic E-state index is 11.2. The van der Waals surface area contributed by atoms with E-state index in [1.807, 2.05) is 0 Å². The highest BCUT2D eigenvalue weighted by molar-refractivity contribution is 5.73. The molecule has 1 saturated carbocycles. The molecule has 15 heavy (non-hydrogen) atoms. The third kappa shape index (κ3) is 3.27. The van der Waals surface area contributed by atoms with E-state index < -0.39 is 17.6 Å². The smallest absolute Gasteiger partial charge is 0.407 e. The van der Waals surface area contributed by atoms with Crippen LogP contribution in [0.5, 0.6) is 0 Å². The average molecular weight is 213 g/mol. The number of aliphatic carboxylic acids is 1. The number of rotatable bonds is 5. The Kier molecular flexibility index (Phi) is 3.71. The molecule has 0 unspecified atom stereocenters. The van der Waals surface area contributed by atoms with Gasteiger partial charge in [-0.3, -0.25) is 4.79 Å². The minimum atomic E-state index is -0.904. The Balaban J connectivity index is 2.42. The van der Waals surface area contributed by atoms with Crippen LogP contribution in [0.1, 0.15) is 25.7 Å². The van der Waals surface area contributed by atoms with Crippen LogP contribution in [-0.4, -0.2) is 29.3 Å². The highest BCUT2D eigenvalue weighted by Crippen LogP contribution is 2.34. The molecule has 1 fully saturated rings. The number of nitrogens with one attached hydrogen (secondary N) is 1. The Bertz CT molecular complexity index is 271. The summed E-state index contributed by atoms with van der Waals surface area (Å²) in [6.45, 7) is 3.55. The minimum Gasteiger partial charge on any atom is -0.481 e. The number of carbonyl (C=O) groups excluding carboxylic acids is 1. The topological polar surface area (TPSA) is 75.6 Å². The Hall–Kier alpha value is -1.52. The van der Waals surface area contributed by atoms with Crippen LogP contribution in [0.25, 0.3) is 0 Å². The number of amides is 1. The molecule has 0 radical (unpaired) electrons. The van der Waals surface area contributed by atoms with Gasteiger partial charge in [-0.1, -0.05) is 12.7 Å². The molecule has 0 aromatic rings. The van der Waals surface area contributed by atoms with Gasteiger partial charge in [0.05, 0.1) is 12.0 Å². The van der Waals surface area contributed by atoms with E-state index in [4.69, 9.17) is 9.84 Å². The van der Waals surface area contributed by atoms with Gasteiger partial charge in [0.1, 0.15) is 6.61 Å². The molecular weight excluding hydrogens is 198 g/mol. The van der Waals surface area contributed by atoms with Gasteiger partial charge in [0.2, 0.25) is 0 Å². The lowest BCUT2D eigenvalue weighted by atomic mass is 9.74. The molecule has 0 atom stereocenters. The van der Waals surface area contributed by atoms with Gasteiger partial charge in [-0.25, -0.2) is 4.79 Å². The largest absolute Gasteiger partial charge is 0.481 e. The van der Waals surface area contributed by atoms with Crippen molar-refractivity contribution in [2.45, 2.75) is 31.2 Å². The predicted molar refractivity (Wildman–Crippen MR) is 53.5 cm³/mol. The number of carboxylic acids is 1. The second kappa shape index (κ2) is 4.82. The van der Waals surface area contributed by atoms with Gasteiger partial charge in [0.25, 0.3) is 0 Å². The van der Waals surface area contributed by atoms with Crippen molar-refractivity contribution in [2.24, 2.45) is 0 Å². The van der Waals surface area contributed by atoms with Crippen molar-refractivity contribution in [1.29, 1.82) is 0 Å². The van der Waals surface area contributed by atoms with Crippen molar-refractivity contribution in [1.82, 2.24) is 5.32 Å². The Morgan fingerprint density at radius 3 is 2.60 bits per heavy atom. The van der Waals surface area contributed by atoms with Crippen molar-refractivity contribution in [2.75, 3.05) is 6.61 Å². The van der Waals surface area contributed by atoms with E-state index >= 15 is 0 Å². The minimum absolute atomic E-state index is 0.0454. The van der Waals surface area contributed by atoms with Crippen molar-refractivity contribution in [3.05, 3.63) is 12.7 Å². The summed E-state index contributed by atoms with van der Waals surface area (Å²) >= 11 is 0. The quantitative estimate of drug-likeness (QED) is 0.675. The van der Waals surface area contributed by atoms with Gasteiger partial charge in [0.15, 0.2) is 0 Å². The molecule has 0 heterocycles. The first-order chi connectivity index (χ1) is 7.08. The first-order valence-corrected chi connectivity index (χ1v) is 4.86. The number of carboxylic acid groups (broad SMARTS) is 1. The maximum Gasteiger partial charge on any atom is 0.407 e. The Morgan fingerprint density at radius 2 is 2.20 bits per heavy atom. The summed E-state index contributed by atoms with van der Waals surface area (Å²) in [5, 5.41) is 11.3. The normalized spacial score (nSPS) is 17.3. The zero-order valence-electron chi connectivity index (χ0n) is 8.49. The fraction of sp³-hybridized carbons (Fsp3) is 0.600. The molecular formula is C10H15NO4. The lowest BCUT2D eigenvalue weighted by Crippen LogP contribution is -2.54. The summed E-state index contributed by atoms with van der Waals surface area (Å²) in [7, 11) is 0. The zero-order chi connectivity index (χ0) is 11.3.